The van der Waals surface area contributed by atoms with Gasteiger partial charge in [-0.05, 0) is 24.3 Å². The lowest BCUT2D eigenvalue weighted by molar-refractivity contribution is -0.135. The van der Waals surface area contributed by atoms with Crippen LogP contribution in [0, 0.1) is 0 Å². The number of anilines is 1. The van der Waals surface area contributed by atoms with Gasteiger partial charge in [0.05, 0.1) is 11.5 Å². The zero-order valence-corrected chi connectivity index (χ0v) is 11.7. The van der Waals surface area contributed by atoms with Crippen molar-refractivity contribution in [3.63, 3.8) is 0 Å². The van der Waals surface area contributed by atoms with Crippen molar-refractivity contribution in [3.05, 3.63) is 24.3 Å². The maximum absolute atomic E-state index is 11.3. The van der Waals surface area contributed by atoms with Crippen LogP contribution in [0.4, 0.5) is 5.69 Å². The maximum atomic E-state index is 11.3. The highest BCUT2D eigenvalue weighted by Gasteiger charge is 2.12. The van der Waals surface area contributed by atoms with Gasteiger partial charge in [-0.3, -0.25) is 4.79 Å². The summed E-state index contributed by atoms with van der Waals surface area (Å²) in [5, 5.41) is 8.85. The Morgan fingerprint density at radius 1 is 1.32 bits per heavy atom. The summed E-state index contributed by atoms with van der Waals surface area (Å²) in [5.74, 6) is -0.955. The molecule has 0 heterocycles. The zero-order valence-electron chi connectivity index (χ0n) is 10.9. The van der Waals surface area contributed by atoms with Crippen LogP contribution in [0.5, 0.6) is 0 Å². The number of benzene rings is 1. The summed E-state index contributed by atoms with van der Waals surface area (Å²) in [6.45, 7) is 0.643. The van der Waals surface area contributed by atoms with E-state index in [0.29, 0.717) is 18.8 Å². The Kier molecular flexibility index (Phi) is 5.31. The molecule has 0 saturated heterocycles. The molecule has 19 heavy (non-hydrogen) atoms. The molecular formula is C12H17NO5S. The first-order valence-corrected chi connectivity index (χ1v) is 7.49. The third kappa shape index (κ3) is 4.88. The average Bonchev–Trinajstić information content (AvgIpc) is 2.33. The van der Waals surface area contributed by atoms with Gasteiger partial charge in [0.1, 0.15) is 6.54 Å². The zero-order chi connectivity index (χ0) is 14.5. The number of carbonyl (C=O) groups is 1. The number of rotatable bonds is 7. The van der Waals surface area contributed by atoms with Crippen molar-refractivity contribution >= 4 is 21.5 Å². The third-order valence-electron chi connectivity index (χ3n) is 2.52. The highest BCUT2D eigenvalue weighted by molar-refractivity contribution is 7.90. The second kappa shape index (κ2) is 6.53. The molecule has 0 saturated carbocycles. The van der Waals surface area contributed by atoms with Crippen LogP contribution < -0.4 is 4.90 Å². The first kappa shape index (κ1) is 15.5. The van der Waals surface area contributed by atoms with E-state index in [1.165, 1.54) is 19.2 Å². The number of carboxylic acids is 1. The average molecular weight is 287 g/mol. The molecule has 0 spiro atoms. The Hall–Kier alpha value is -1.60. The van der Waals surface area contributed by atoms with Gasteiger partial charge in [-0.25, -0.2) is 8.42 Å². The predicted octanol–water partition coefficient (Wildman–Crippen LogP) is 0.627. The monoisotopic (exact) mass is 287 g/mol. The second-order valence-electron chi connectivity index (χ2n) is 4.07. The molecule has 6 nitrogen and oxygen atoms in total. The lowest BCUT2D eigenvalue weighted by Crippen LogP contribution is -2.32. The molecule has 0 unspecified atom stereocenters. The highest BCUT2D eigenvalue weighted by Crippen LogP contribution is 2.17. The van der Waals surface area contributed by atoms with Gasteiger partial charge in [-0.2, -0.15) is 0 Å². The Bertz CT molecular complexity index is 524. The topological polar surface area (TPSA) is 83.9 Å². The molecule has 1 aromatic rings. The lowest BCUT2D eigenvalue weighted by Gasteiger charge is -2.22. The molecule has 0 fully saturated rings. The molecule has 1 N–H and O–H groups in total. The lowest BCUT2D eigenvalue weighted by atomic mass is 10.3. The maximum Gasteiger partial charge on any atom is 0.323 e. The van der Waals surface area contributed by atoms with E-state index in [-0.39, 0.29) is 11.4 Å². The third-order valence-corrected chi connectivity index (χ3v) is 3.65. The van der Waals surface area contributed by atoms with Gasteiger partial charge in [-0.1, -0.05) is 0 Å². The standard InChI is InChI=1S/C12H17NO5S/c1-18-8-7-13(9-12(14)15)10-3-5-11(6-4-10)19(2,16)17/h3-6H,7-9H2,1-2H3,(H,14,15). The van der Waals surface area contributed by atoms with Crippen molar-refractivity contribution in [2.75, 3.05) is 38.0 Å². The first-order valence-electron chi connectivity index (χ1n) is 5.60. The highest BCUT2D eigenvalue weighted by atomic mass is 32.2. The number of aliphatic carboxylic acids is 1. The number of hydrogen-bond donors (Lipinski definition) is 1. The number of ether oxygens (including phenoxy) is 1. The summed E-state index contributed by atoms with van der Waals surface area (Å²) in [4.78, 5) is 12.6. The van der Waals surface area contributed by atoms with Gasteiger partial charge in [0.2, 0.25) is 0 Å². The fraction of sp³-hybridized carbons (Fsp3) is 0.417. The number of nitrogens with zero attached hydrogens (tertiary/aromatic N) is 1. The molecule has 1 rings (SSSR count). The number of carboxylic acid groups (broad SMARTS) is 1. The van der Waals surface area contributed by atoms with Gasteiger partial charge in [0.15, 0.2) is 9.84 Å². The SMILES string of the molecule is COCCN(CC(=O)O)c1ccc(S(C)(=O)=O)cc1. The molecule has 0 atom stereocenters. The number of sulfone groups is 1. The molecular weight excluding hydrogens is 270 g/mol. The first-order chi connectivity index (χ1) is 8.84. The summed E-state index contributed by atoms with van der Waals surface area (Å²) in [6, 6.07) is 6.11. The quantitative estimate of drug-likeness (QED) is 0.792. The number of methoxy groups -OCH3 is 1. The van der Waals surface area contributed by atoms with Gasteiger partial charge in [-0.15, -0.1) is 0 Å². The molecule has 7 heteroatoms. The van der Waals surface area contributed by atoms with E-state index in [1.54, 1.807) is 17.0 Å². The van der Waals surface area contributed by atoms with Gasteiger partial charge in [0, 0.05) is 25.6 Å². The molecule has 0 aromatic heterocycles. The fourth-order valence-electron chi connectivity index (χ4n) is 1.57. The predicted molar refractivity (Wildman–Crippen MR) is 71.3 cm³/mol. The molecule has 0 bridgehead atoms. The van der Waals surface area contributed by atoms with Gasteiger partial charge < -0.3 is 14.7 Å². The van der Waals surface area contributed by atoms with Gasteiger partial charge in [0.25, 0.3) is 0 Å². The van der Waals surface area contributed by atoms with E-state index in [0.717, 1.165) is 6.26 Å². The van der Waals surface area contributed by atoms with Crippen LogP contribution in [-0.2, 0) is 19.4 Å². The van der Waals surface area contributed by atoms with E-state index < -0.39 is 15.8 Å². The Morgan fingerprint density at radius 2 is 1.89 bits per heavy atom. The molecule has 1 aromatic carbocycles. The van der Waals surface area contributed by atoms with E-state index in [1.807, 2.05) is 0 Å². The van der Waals surface area contributed by atoms with Crippen molar-refractivity contribution in [2.24, 2.45) is 0 Å². The van der Waals surface area contributed by atoms with E-state index >= 15 is 0 Å². The summed E-state index contributed by atoms with van der Waals surface area (Å²) in [6.07, 6.45) is 1.13. The van der Waals surface area contributed by atoms with Crippen LogP contribution in [0.2, 0.25) is 0 Å². The molecule has 0 aliphatic carbocycles. The van der Waals surface area contributed by atoms with E-state index in [2.05, 4.69) is 0 Å². The van der Waals surface area contributed by atoms with Crippen LogP contribution in [0.15, 0.2) is 29.2 Å². The Labute approximate surface area is 112 Å². The smallest absolute Gasteiger partial charge is 0.323 e. The summed E-state index contributed by atoms with van der Waals surface area (Å²) < 4.78 is 27.6. The fourth-order valence-corrected chi connectivity index (χ4v) is 2.20. The minimum atomic E-state index is -3.24. The van der Waals surface area contributed by atoms with Crippen LogP contribution >= 0.6 is 0 Å². The van der Waals surface area contributed by atoms with Crippen LogP contribution in [0.3, 0.4) is 0 Å². The summed E-state index contributed by atoms with van der Waals surface area (Å²) in [7, 11) is -1.71. The van der Waals surface area contributed by atoms with Crippen LogP contribution in [-0.4, -0.2) is 52.6 Å². The molecule has 0 aliphatic rings. The molecule has 0 radical (unpaired) electrons. The largest absolute Gasteiger partial charge is 0.480 e. The Morgan fingerprint density at radius 3 is 2.32 bits per heavy atom. The van der Waals surface area contributed by atoms with Crippen molar-refractivity contribution in [2.45, 2.75) is 4.90 Å². The molecule has 0 amide bonds. The van der Waals surface area contributed by atoms with Gasteiger partial charge >= 0.3 is 5.97 Å². The van der Waals surface area contributed by atoms with Crippen molar-refractivity contribution in [1.82, 2.24) is 0 Å². The normalized spacial score (nSPS) is 11.3. The van der Waals surface area contributed by atoms with E-state index in [4.69, 9.17) is 9.84 Å². The van der Waals surface area contributed by atoms with Crippen LogP contribution in [0.25, 0.3) is 0 Å². The van der Waals surface area contributed by atoms with Crippen molar-refractivity contribution in [3.8, 4) is 0 Å². The summed E-state index contributed by atoms with van der Waals surface area (Å²) in [5.41, 5.74) is 0.645. The van der Waals surface area contributed by atoms with Crippen molar-refractivity contribution in [1.29, 1.82) is 0 Å². The number of hydrogen-bond acceptors (Lipinski definition) is 5. The minimum absolute atomic E-state index is 0.165. The second-order valence-corrected chi connectivity index (χ2v) is 6.09. The molecule has 0 aliphatic heterocycles. The minimum Gasteiger partial charge on any atom is -0.480 e. The summed E-state index contributed by atoms with van der Waals surface area (Å²) >= 11 is 0. The van der Waals surface area contributed by atoms with E-state index in [9.17, 15) is 13.2 Å². The Balaban J connectivity index is 2.93. The molecule has 106 valence electrons. The van der Waals surface area contributed by atoms with Crippen molar-refractivity contribution < 1.29 is 23.1 Å². The van der Waals surface area contributed by atoms with Crippen LogP contribution in [0.1, 0.15) is 0 Å².